The molecule has 23 heavy (non-hydrogen) atoms. The second kappa shape index (κ2) is 7.27. The van der Waals surface area contributed by atoms with Crippen molar-refractivity contribution < 1.29 is 18.1 Å². The first-order valence-electron chi connectivity index (χ1n) is 7.72. The summed E-state index contributed by atoms with van der Waals surface area (Å²) < 4.78 is 31.5. The highest BCUT2D eigenvalue weighted by Gasteiger charge is 2.32. The van der Waals surface area contributed by atoms with E-state index in [0.717, 1.165) is 12.8 Å². The Bertz CT molecular complexity index is 674. The van der Waals surface area contributed by atoms with Crippen LogP contribution in [0.25, 0.3) is 0 Å². The quantitative estimate of drug-likeness (QED) is 0.586. The molecule has 0 saturated heterocycles. The van der Waals surface area contributed by atoms with Crippen molar-refractivity contribution in [2.75, 3.05) is 19.4 Å². The molecular weight excluding hydrogens is 320 g/mol. The van der Waals surface area contributed by atoms with Crippen molar-refractivity contribution in [1.29, 1.82) is 0 Å². The van der Waals surface area contributed by atoms with E-state index in [1.807, 2.05) is 6.92 Å². The molecule has 0 radical (unpaired) electrons. The third-order valence-corrected chi connectivity index (χ3v) is 5.24. The minimum absolute atomic E-state index is 0.0526. The van der Waals surface area contributed by atoms with Crippen LogP contribution in [0.4, 0.5) is 5.69 Å². The van der Waals surface area contributed by atoms with E-state index in [1.54, 1.807) is 6.07 Å². The number of rotatable bonds is 6. The first-order valence-corrected chi connectivity index (χ1v) is 9.57. The third-order valence-electron chi connectivity index (χ3n) is 3.95. The van der Waals surface area contributed by atoms with E-state index >= 15 is 0 Å². The molecular formula is C15H22N2O5S. The summed E-state index contributed by atoms with van der Waals surface area (Å²) in [5.41, 5.74) is 0.529. The number of fused-ring (bicyclic) bond motifs is 1. The second-order valence-electron chi connectivity index (χ2n) is 5.71. The summed E-state index contributed by atoms with van der Waals surface area (Å²) in [7, 11) is -3.42. The van der Waals surface area contributed by atoms with Crippen LogP contribution < -0.4 is 4.74 Å². The van der Waals surface area contributed by atoms with E-state index in [1.165, 1.54) is 22.7 Å². The average Bonchev–Trinajstić information content (AvgIpc) is 2.68. The van der Waals surface area contributed by atoms with Gasteiger partial charge in [-0.25, -0.2) is 8.42 Å². The number of unbranched alkanes of at least 4 members (excludes halogenated alkanes) is 1. The maximum Gasteiger partial charge on any atom is 0.270 e. The lowest BCUT2D eigenvalue weighted by molar-refractivity contribution is -0.385. The Morgan fingerprint density at radius 2 is 2.17 bits per heavy atom. The number of hydrogen-bond acceptors (Lipinski definition) is 5. The normalized spacial score (nSPS) is 18.1. The Morgan fingerprint density at radius 1 is 1.43 bits per heavy atom. The molecule has 1 aliphatic rings. The molecule has 1 atom stereocenters. The van der Waals surface area contributed by atoms with Crippen LogP contribution in [0.2, 0.25) is 0 Å². The SMILES string of the molecule is CCCCN(C1CCCOc2ccc([N+](=O)[O-])cc21)S(C)(=O)=O. The van der Waals surface area contributed by atoms with Crippen LogP contribution in [0.3, 0.4) is 0 Å². The van der Waals surface area contributed by atoms with Crippen LogP contribution in [-0.2, 0) is 10.0 Å². The molecule has 0 aromatic heterocycles. The van der Waals surface area contributed by atoms with Crippen molar-refractivity contribution in [3.8, 4) is 5.75 Å². The van der Waals surface area contributed by atoms with Gasteiger partial charge in [0.25, 0.3) is 5.69 Å². The highest BCUT2D eigenvalue weighted by molar-refractivity contribution is 7.88. The predicted molar refractivity (Wildman–Crippen MR) is 87.0 cm³/mol. The maximum absolute atomic E-state index is 12.2. The van der Waals surface area contributed by atoms with Gasteiger partial charge < -0.3 is 4.74 Å². The summed E-state index contributed by atoms with van der Waals surface area (Å²) in [6.07, 6.45) is 4.09. The highest BCUT2D eigenvalue weighted by atomic mass is 32.2. The number of hydrogen-bond donors (Lipinski definition) is 0. The van der Waals surface area contributed by atoms with Gasteiger partial charge in [0.2, 0.25) is 10.0 Å². The Morgan fingerprint density at radius 3 is 2.78 bits per heavy atom. The summed E-state index contributed by atoms with van der Waals surface area (Å²) in [6.45, 7) is 2.88. The minimum atomic E-state index is -3.42. The first kappa shape index (κ1) is 17.7. The number of nitrogens with zero attached hydrogens (tertiary/aromatic N) is 2. The van der Waals surface area contributed by atoms with Crippen LogP contribution in [0, 0.1) is 10.1 Å². The third kappa shape index (κ3) is 4.20. The van der Waals surface area contributed by atoms with Crippen molar-refractivity contribution in [1.82, 2.24) is 4.31 Å². The Hall–Kier alpha value is -1.67. The maximum atomic E-state index is 12.2. The molecule has 0 amide bonds. The zero-order chi connectivity index (χ0) is 17.0. The smallest absolute Gasteiger partial charge is 0.270 e. The summed E-state index contributed by atoms with van der Waals surface area (Å²) in [6, 6.07) is 3.97. The van der Waals surface area contributed by atoms with Gasteiger partial charge in [-0.3, -0.25) is 10.1 Å². The molecule has 1 aliphatic heterocycles. The molecule has 128 valence electrons. The molecule has 0 aliphatic carbocycles. The van der Waals surface area contributed by atoms with Crippen LogP contribution >= 0.6 is 0 Å². The summed E-state index contributed by atoms with van der Waals surface area (Å²) >= 11 is 0. The Balaban J connectivity index is 2.49. The first-order chi connectivity index (χ1) is 10.8. The lowest BCUT2D eigenvalue weighted by Gasteiger charge is -2.29. The van der Waals surface area contributed by atoms with Crippen LogP contribution in [0.15, 0.2) is 18.2 Å². The van der Waals surface area contributed by atoms with Crippen molar-refractivity contribution >= 4 is 15.7 Å². The molecule has 1 aromatic rings. The molecule has 1 heterocycles. The molecule has 1 unspecified atom stereocenters. The van der Waals surface area contributed by atoms with Gasteiger partial charge in [-0.15, -0.1) is 0 Å². The van der Waals surface area contributed by atoms with Crippen LogP contribution in [0.1, 0.15) is 44.2 Å². The number of nitro groups is 1. The van der Waals surface area contributed by atoms with Crippen LogP contribution in [-0.4, -0.2) is 37.1 Å². The Labute approximate surface area is 136 Å². The standard InChI is InChI=1S/C15H22N2O5S/c1-3-4-9-16(23(2,20)21)14-6-5-10-22-15-8-7-12(17(18)19)11-13(14)15/h7-8,11,14H,3-6,9-10H2,1-2H3. The molecule has 0 fully saturated rings. The molecule has 7 nitrogen and oxygen atoms in total. The molecule has 0 N–H and O–H groups in total. The van der Waals surface area contributed by atoms with E-state index in [2.05, 4.69) is 0 Å². The van der Waals surface area contributed by atoms with Gasteiger partial charge in [0.1, 0.15) is 5.75 Å². The zero-order valence-electron chi connectivity index (χ0n) is 13.4. The molecule has 2 rings (SSSR count). The van der Waals surface area contributed by atoms with E-state index in [4.69, 9.17) is 4.74 Å². The minimum Gasteiger partial charge on any atom is -0.493 e. The van der Waals surface area contributed by atoms with Crippen molar-refractivity contribution in [3.63, 3.8) is 0 Å². The highest BCUT2D eigenvalue weighted by Crippen LogP contribution is 2.38. The van der Waals surface area contributed by atoms with E-state index in [0.29, 0.717) is 37.3 Å². The fraction of sp³-hybridized carbons (Fsp3) is 0.600. The van der Waals surface area contributed by atoms with E-state index in [-0.39, 0.29) is 5.69 Å². The van der Waals surface area contributed by atoms with Crippen molar-refractivity contribution in [2.24, 2.45) is 0 Å². The Kier molecular flexibility index (Phi) is 5.59. The monoisotopic (exact) mass is 342 g/mol. The fourth-order valence-corrected chi connectivity index (χ4v) is 3.96. The number of sulfonamides is 1. The fourth-order valence-electron chi connectivity index (χ4n) is 2.82. The van der Waals surface area contributed by atoms with Gasteiger partial charge >= 0.3 is 0 Å². The number of non-ortho nitro benzene ring substituents is 1. The molecule has 0 saturated carbocycles. The second-order valence-corrected chi connectivity index (χ2v) is 7.65. The number of benzene rings is 1. The summed E-state index contributed by atoms with van der Waals surface area (Å²) in [5, 5.41) is 11.1. The largest absolute Gasteiger partial charge is 0.493 e. The van der Waals surface area contributed by atoms with Gasteiger partial charge in [-0.2, -0.15) is 4.31 Å². The van der Waals surface area contributed by atoms with Crippen molar-refractivity contribution in [3.05, 3.63) is 33.9 Å². The average molecular weight is 342 g/mol. The van der Waals surface area contributed by atoms with Gasteiger partial charge in [-0.1, -0.05) is 13.3 Å². The van der Waals surface area contributed by atoms with E-state index in [9.17, 15) is 18.5 Å². The van der Waals surface area contributed by atoms with Crippen molar-refractivity contribution in [2.45, 2.75) is 38.6 Å². The van der Waals surface area contributed by atoms with Gasteiger partial charge in [0, 0.05) is 24.2 Å². The molecule has 1 aromatic carbocycles. The van der Waals surface area contributed by atoms with Crippen LogP contribution in [0.5, 0.6) is 5.75 Å². The molecule has 0 bridgehead atoms. The zero-order valence-corrected chi connectivity index (χ0v) is 14.2. The number of nitro benzene ring substituents is 1. The van der Waals surface area contributed by atoms with E-state index < -0.39 is 21.0 Å². The summed E-state index contributed by atoms with van der Waals surface area (Å²) in [4.78, 5) is 10.6. The molecule has 0 spiro atoms. The van der Waals surface area contributed by atoms with Gasteiger partial charge in [-0.05, 0) is 25.3 Å². The lowest BCUT2D eigenvalue weighted by atomic mass is 10.0. The summed E-state index contributed by atoms with van der Waals surface area (Å²) in [5.74, 6) is 0.531. The molecule has 8 heteroatoms. The van der Waals surface area contributed by atoms with Gasteiger partial charge in [0.05, 0.1) is 23.8 Å². The van der Waals surface area contributed by atoms with Gasteiger partial charge in [0.15, 0.2) is 0 Å². The lowest BCUT2D eigenvalue weighted by Crippen LogP contribution is -2.35. The predicted octanol–water partition coefficient (Wildman–Crippen LogP) is 2.87. The topological polar surface area (TPSA) is 89.8 Å². The number of ether oxygens (including phenoxy) is 1.